The Bertz CT molecular complexity index is 773. The Balaban J connectivity index is 1.46. The highest BCUT2D eigenvalue weighted by atomic mass is 16.3. The summed E-state index contributed by atoms with van der Waals surface area (Å²) in [5.41, 5.74) is 3.97. The van der Waals surface area contributed by atoms with Gasteiger partial charge in [-0.25, -0.2) is 0 Å². The van der Waals surface area contributed by atoms with Crippen molar-refractivity contribution < 1.29 is 10.2 Å². The van der Waals surface area contributed by atoms with Crippen molar-refractivity contribution in [2.24, 2.45) is 17.8 Å². The second kappa shape index (κ2) is 11.6. The molecule has 1 saturated carbocycles. The Hall–Kier alpha value is -1.42. The summed E-state index contributed by atoms with van der Waals surface area (Å²) in [7, 11) is 0. The van der Waals surface area contributed by atoms with Gasteiger partial charge in [-0.1, -0.05) is 53.6 Å². The van der Waals surface area contributed by atoms with Crippen molar-refractivity contribution in [1.82, 2.24) is 4.90 Å². The normalized spacial score (nSPS) is 26.5. The Kier molecular flexibility index (Phi) is 9.16. The van der Waals surface area contributed by atoms with Crippen molar-refractivity contribution in [3.63, 3.8) is 0 Å². The van der Waals surface area contributed by atoms with Gasteiger partial charge in [-0.3, -0.25) is 4.90 Å². The van der Waals surface area contributed by atoms with Crippen LogP contribution in [0.5, 0.6) is 0 Å². The quantitative estimate of drug-likeness (QED) is 0.344. The minimum atomic E-state index is -0.498. The van der Waals surface area contributed by atoms with E-state index in [4.69, 9.17) is 0 Å². The summed E-state index contributed by atoms with van der Waals surface area (Å²) in [6.45, 7) is 12.4. The van der Waals surface area contributed by atoms with Gasteiger partial charge in [0.25, 0.3) is 0 Å². The van der Waals surface area contributed by atoms with Crippen LogP contribution in [0.15, 0.2) is 48.1 Å². The number of hydrogen-bond acceptors (Lipinski definition) is 3. The van der Waals surface area contributed by atoms with Crippen molar-refractivity contribution in [3.8, 4) is 0 Å². The molecule has 0 amide bonds. The highest BCUT2D eigenvalue weighted by Gasteiger charge is 2.43. The van der Waals surface area contributed by atoms with E-state index in [0.29, 0.717) is 30.3 Å². The number of nitrogens with zero attached hydrogens (tertiary/aromatic N) is 1. The maximum absolute atomic E-state index is 10.6. The number of aryl methyl sites for hydroxylation is 1. The molecular weight excluding hydrogens is 394 g/mol. The van der Waals surface area contributed by atoms with Crippen molar-refractivity contribution in [2.75, 3.05) is 6.54 Å². The summed E-state index contributed by atoms with van der Waals surface area (Å²) in [6, 6.07) is 9.54. The van der Waals surface area contributed by atoms with Crippen LogP contribution in [0.3, 0.4) is 0 Å². The van der Waals surface area contributed by atoms with Gasteiger partial charge in [0.15, 0.2) is 0 Å². The molecule has 0 heterocycles. The zero-order valence-corrected chi connectivity index (χ0v) is 20.9. The molecule has 1 fully saturated rings. The van der Waals surface area contributed by atoms with Crippen LogP contribution >= 0.6 is 0 Å². The second-order valence-corrected chi connectivity index (χ2v) is 10.8. The molecule has 1 aromatic rings. The lowest BCUT2D eigenvalue weighted by Gasteiger charge is -2.30. The molecule has 3 rings (SSSR count). The first-order chi connectivity index (χ1) is 15.2. The average Bonchev–Trinajstić information content (AvgIpc) is 3.22. The Morgan fingerprint density at radius 3 is 2.56 bits per heavy atom. The fourth-order valence-electron chi connectivity index (χ4n) is 5.95. The highest BCUT2D eigenvalue weighted by molar-refractivity contribution is 5.24. The maximum atomic E-state index is 10.6. The maximum Gasteiger partial charge on any atom is 0.0761 e. The van der Waals surface area contributed by atoms with Gasteiger partial charge in [-0.15, -0.1) is 0 Å². The zero-order chi connectivity index (χ0) is 23.3. The summed E-state index contributed by atoms with van der Waals surface area (Å²) >= 11 is 0. The van der Waals surface area contributed by atoms with E-state index >= 15 is 0 Å². The number of hydrogen-bond donors (Lipinski definition) is 2. The third-order valence-corrected chi connectivity index (χ3v) is 7.52. The molecule has 3 heteroatoms. The summed E-state index contributed by atoms with van der Waals surface area (Å²) in [5, 5.41) is 21.1. The lowest BCUT2D eigenvalue weighted by molar-refractivity contribution is 0.140. The molecule has 0 radical (unpaired) electrons. The molecule has 32 heavy (non-hydrogen) atoms. The average molecular weight is 440 g/mol. The number of aliphatic hydroxyl groups excluding tert-OH is 2. The van der Waals surface area contributed by atoms with Gasteiger partial charge in [-0.2, -0.15) is 0 Å². The predicted octanol–water partition coefficient (Wildman–Crippen LogP) is 5.69. The van der Waals surface area contributed by atoms with Crippen LogP contribution in [-0.2, 0) is 6.42 Å². The van der Waals surface area contributed by atoms with Crippen LogP contribution in [-0.4, -0.2) is 45.9 Å². The molecule has 3 nitrogen and oxygen atoms in total. The summed E-state index contributed by atoms with van der Waals surface area (Å²) in [6.07, 6.45) is 12.0. The summed E-state index contributed by atoms with van der Waals surface area (Å²) in [4.78, 5) is 2.58. The molecular formula is C29H45NO2. The summed E-state index contributed by atoms with van der Waals surface area (Å²) < 4.78 is 0. The predicted molar refractivity (Wildman–Crippen MR) is 135 cm³/mol. The number of fused-ring (bicyclic) bond motifs is 1. The third kappa shape index (κ3) is 6.79. The molecule has 2 N–H and O–H groups in total. The minimum absolute atomic E-state index is 0.165. The van der Waals surface area contributed by atoms with E-state index in [-0.39, 0.29) is 12.0 Å². The van der Waals surface area contributed by atoms with E-state index in [1.165, 1.54) is 31.4 Å². The topological polar surface area (TPSA) is 43.7 Å². The molecule has 2 aliphatic carbocycles. The van der Waals surface area contributed by atoms with Gasteiger partial charge in [-0.05, 0) is 90.7 Å². The van der Waals surface area contributed by atoms with Crippen LogP contribution in [0.2, 0.25) is 0 Å². The molecule has 0 spiro atoms. The number of unbranched alkanes of at least 4 members (excludes halogenated alkanes) is 1. The van der Waals surface area contributed by atoms with Crippen LogP contribution < -0.4 is 0 Å². The first-order valence-electron chi connectivity index (χ1n) is 12.8. The Labute approximate surface area is 196 Å². The zero-order valence-electron chi connectivity index (χ0n) is 20.9. The lowest BCUT2D eigenvalue weighted by Crippen LogP contribution is -2.37. The standard InChI is InChI=1S/C29H45NO2/c1-20(2)30(21(3)4)14-7-6-10-24-16-25-19-29(32)27(28(25)18-24)13-12-26(31)17-23-11-8-9-22(5)15-23/h8-9,11-13,15-16,20-21,25-29,31-32H,6-7,10,14,17-19H2,1-5H3/t25-,26+,27+,28-,29+/m0/s1. The Morgan fingerprint density at radius 1 is 1.12 bits per heavy atom. The molecule has 0 bridgehead atoms. The number of rotatable bonds is 11. The fourth-order valence-corrected chi connectivity index (χ4v) is 5.95. The Morgan fingerprint density at radius 2 is 1.88 bits per heavy atom. The SMILES string of the molecule is Cc1cccc(C[C@H](O)C=C[C@@H]2[C@H]3CC(CCCCN(C(C)C)C(C)C)=C[C@H]3C[C@H]2O)c1. The van der Waals surface area contributed by atoms with E-state index in [1.807, 2.05) is 12.1 Å². The van der Waals surface area contributed by atoms with Gasteiger partial charge < -0.3 is 10.2 Å². The minimum Gasteiger partial charge on any atom is -0.392 e. The summed E-state index contributed by atoms with van der Waals surface area (Å²) in [5.74, 6) is 1.18. The molecule has 0 aliphatic heterocycles. The lowest BCUT2D eigenvalue weighted by atomic mass is 9.88. The first kappa shape index (κ1) is 25.2. The van der Waals surface area contributed by atoms with Crippen LogP contribution in [0.1, 0.15) is 70.9 Å². The van der Waals surface area contributed by atoms with Crippen LogP contribution in [0, 0.1) is 24.7 Å². The van der Waals surface area contributed by atoms with Gasteiger partial charge in [0.05, 0.1) is 12.2 Å². The van der Waals surface area contributed by atoms with Gasteiger partial charge >= 0.3 is 0 Å². The molecule has 0 saturated heterocycles. The molecule has 0 aromatic heterocycles. The van der Waals surface area contributed by atoms with E-state index in [1.54, 1.807) is 5.57 Å². The van der Waals surface area contributed by atoms with E-state index < -0.39 is 6.10 Å². The number of allylic oxidation sites excluding steroid dienone is 2. The third-order valence-electron chi connectivity index (χ3n) is 7.52. The van der Waals surface area contributed by atoms with E-state index in [0.717, 1.165) is 18.4 Å². The van der Waals surface area contributed by atoms with Crippen LogP contribution in [0.4, 0.5) is 0 Å². The van der Waals surface area contributed by atoms with E-state index in [9.17, 15) is 10.2 Å². The second-order valence-electron chi connectivity index (χ2n) is 10.8. The fraction of sp³-hybridized carbons (Fsp3) is 0.655. The van der Waals surface area contributed by atoms with Crippen LogP contribution in [0.25, 0.3) is 0 Å². The molecule has 0 unspecified atom stereocenters. The monoisotopic (exact) mass is 439 g/mol. The smallest absolute Gasteiger partial charge is 0.0761 e. The number of aliphatic hydroxyl groups is 2. The first-order valence-corrected chi connectivity index (χ1v) is 12.8. The number of benzene rings is 1. The molecule has 2 aliphatic rings. The van der Waals surface area contributed by atoms with Crippen molar-refractivity contribution in [2.45, 2.75) is 97.4 Å². The highest BCUT2D eigenvalue weighted by Crippen LogP contribution is 2.48. The molecule has 1 aromatic carbocycles. The van der Waals surface area contributed by atoms with Crippen molar-refractivity contribution in [1.29, 1.82) is 0 Å². The van der Waals surface area contributed by atoms with Crippen molar-refractivity contribution in [3.05, 3.63) is 59.2 Å². The molecule has 5 atom stereocenters. The largest absolute Gasteiger partial charge is 0.392 e. The van der Waals surface area contributed by atoms with Crippen molar-refractivity contribution >= 4 is 0 Å². The van der Waals surface area contributed by atoms with Gasteiger partial charge in [0.2, 0.25) is 0 Å². The van der Waals surface area contributed by atoms with Gasteiger partial charge in [0.1, 0.15) is 0 Å². The molecule has 178 valence electrons. The van der Waals surface area contributed by atoms with E-state index in [2.05, 4.69) is 69.9 Å². The van der Waals surface area contributed by atoms with Gasteiger partial charge in [0, 0.05) is 24.4 Å².